The van der Waals surface area contributed by atoms with Gasteiger partial charge in [-0.05, 0) is 373 Å². The van der Waals surface area contributed by atoms with Crippen LogP contribution in [-0.4, -0.2) is 69.1 Å². The van der Waals surface area contributed by atoms with Crippen LogP contribution in [0.3, 0.4) is 0 Å². The molecule has 8 saturated carbocycles. The zero-order chi connectivity index (χ0) is 88.1. The third-order valence-corrected chi connectivity index (χ3v) is 32.6. The molecule has 8 aliphatic rings. The summed E-state index contributed by atoms with van der Waals surface area (Å²) in [7, 11) is 0. The molecule has 0 atom stereocenters. The Balaban J connectivity index is 0.668. The molecule has 12 nitrogen and oxygen atoms in total. The van der Waals surface area contributed by atoms with E-state index in [1.807, 2.05) is 48.5 Å². The van der Waals surface area contributed by atoms with E-state index in [1.54, 1.807) is 0 Å². The van der Waals surface area contributed by atoms with Crippen LogP contribution < -0.4 is 9.47 Å². The van der Waals surface area contributed by atoms with Crippen molar-refractivity contribution < 1.29 is 57.1 Å². The fraction of sp³-hybridized carbons (Fsp3) is 0.702. The monoisotopic (exact) mass is 1730 g/mol. The van der Waals surface area contributed by atoms with Gasteiger partial charge in [0.05, 0.1) is 48.8 Å². The first kappa shape index (κ1) is 98.4. The fourth-order valence-corrected chi connectivity index (χ4v) is 24.8. The topological polar surface area (TPSA) is 142 Å². The summed E-state index contributed by atoms with van der Waals surface area (Å²) in [5.74, 6) is 17.0. The minimum atomic E-state index is -0.870. The molecular formula is C114H166O12. The van der Waals surface area contributed by atoms with Gasteiger partial charge in [0.15, 0.2) is 5.60 Å². The van der Waals surface area contributed by atoms with Crippen molar-refractivity contribution in [2.24, 2.45) is 71.0 Å². The van der Waals surface area contributed by atoms with Gasteiger partial charge in [-0.2, -0.15) is 0 Å². The zero-order valence-corrected chi connectivity index (χ0v) is 79.1. The summed E-state index contributed by atoms with van der Waals surface area (Å²) in [5, 5.41) is 0. The van der Waals surface area contributed by atoms with Gasteiger partial charge in [-0.1, -0.05) is 212 Å². The summed E-state index contributed by atoms with van der Waals surface area (Å²) in [6.45, 7) is 19.8. The normalized spacial score (nSPS) is 28.8. The summed E-state index contributed by atoms with van der Waals surface area (Å²) in [5.41, 5.74) is 3.50. The maximum atomic E-state index is 14.6. The average Bonchev–Trinajstić information content (AvgIpc) is 0.843. The van der Waals surface area contributed by atoms with Crippen molar-refractivity contribution in [3.8, 4) is 23.3 Å². The van der Waals surface area contributed by atoms with E-state index in [4.69, 9.17) is 37.9 Å². The molecule has 0 aromatic heterocycles. The highest BCUT2D eigenvalue weighted by atomic mass is 16.6. The third kappa shape index (κ3) is 29.4. The predicted octanol–water partition coefficient (Wildman–Crippen LogP) is 29.7. The van der Waals surface area contributed by atoms with E-state index in [0.717, 1.165) is 249 Å². The number of rotatable bonds is 48. The van der Waals surface area contributed by atoms with E-state index in [1.165, 1.54) is 216 Å². The molecule has 0 saturated heterocycles. The van der Waals surface area contributed by atoms with Gasteiger partial charge in [0.25, 0.3) is 0 Å². The van der Waals surface area contributed by atoms with Crippen molar-refractivity contribution >= 4 is 23.9 Å². The van der Waals surface area contributed by atoms with E-state index in [9.17, 15) is 19.2 Å². The lowest BCUT2D eigenvalue weighted by molar-refractivity contribution is -0.138. The molecule has 0 spiro atoms. The van der Waals surface area contributed by atoms with Crippen LogP contribution in [-0.2, 0) is 54.8 Å². The van der Waals surface area contributed by atoms with Crippen LogP contribution in [0.4, 0.5) is 0 Å². The van der Waals surface area contributed by atoms with Gasteiger partial charge < -0.3 is 37.9 Å². The van der Waals surface area contributed by atoms with E-state index in [2.05, 4.69) is 101 Å². The van der Waals surface area contributed by atoms with Crippen molar-refractivity contribution in [2.45, 2.75) is 397 Å². The molecule has 8 fully saturated rings. The Bertz CT molecular complexity index is 3880. The molecule has 694 valence electrons. The minimum Gasteiger partial charge on any atom is -0.494 e. The van der Waals surface area contributed by atoms with Gasteiger partial charge in [0.2, 0.25) is 0 Å². The molecule has 0 amide bonds. The van der Waals surface area contributed by atoms with Crippen LogP contribution in [0.5, 0.6) is 11.5 Å². The quantitative estimate of drug-likeness (QED) is 0.0137. The minimum absolute atomic E-state index is 0.265. The SMILES string of the molecule is C=CC(=O)OCCCCCCOc1ccc(C(=O)OC2(C#Cc3ccc(C4(OCCCCCCCCOC5(c6ccc(C7(OC(=O)c8ccc(OCCCCCCOC(=O)C=C)cc8)CCC(C8CCC(CCC)CC8)CC7)cc6)CCC(C6CCC(CCC)CC6)CC5)CCC(C5CCC(CCC)CC5)CC4)cc3)CCC(C3CCC(CCC)CC3)CC2)cc1. The predicted molar refractivity (Wildman–Crippen MR) is 510 cm³/mol. The van der Waals surface area contributed by atoms with Gasteiger partial charge in [-0.3, -0.25) is 0 Å². The lowest BCUT2D eigenvalue weighted by Crippen LogP contribution is -2.39. The van der Waals surface area contributed by atoms with E-state index < -0.39 is 11.2 Å². The van der Waals surface area contributed by atoms with Gasteiger partial charge in [-0.15, -0.1) is 0 Å². The summed E-state index contributed by atoms with van der Waals surface area (Å²) in [6, 6.07) is 33.5. The first-order chi connectivity index (χ1) is 61.7. The molecule has 0 N–H and O–H groups in total. The maximum Gasteiger partial charge on any atom is 0.339 e. The van der Waals surface area contributed by atoms with Crippen molar-refractivity contribution in [2.75, 3.05) is 39.6 Å². The van der Waals surface area contributed by atoms with Crippen molar-refractivity contribution in [3.05, 3.63) is 156 Å². The number of ether oxygens (including phenoxy) is 8. The number of carbonyl (C=O) groups excluding carboxylic acids is 4. The Morgan fingerprint density at radius 1 is 0.317 bits per heavy atom. The lowest BCUT2D eigenvalue weighted by Gasteiger charge is -2.45. The van der Waals surface area contributed by atoms with Gasteiger partial charge >= 0.3 is 23.9 Å². The van der Waals surface area contributed by atoms with E-state index in [-0.39, 0.29) is 35.1 Å². The Hall–Kier alpha value is -6.68. The molecule has 126 heavy (non-hydrogen) atoms. The molecule has 8 aliphatic carbocycles. The lowest BCUT2D eigenvalue weighted by atomic mass is 9.65. The van der Waals surface area contributed by atoms with Gasteiger partial charge in [0, 0.05) is 30.9 Å². The molecule has 0 bridgehead atoms. The van der Waals surface area contributed by atoms with Crippen LogP contribution in [0.25, 0.3) is 0 Å². The smallest absolute Gasteiger partial charge is 0.339 e. The number of benzene rings is 4. The average molecular weight is 1730 g/mol. The molecule has 0 heterocycles. The Morgan fingerprint density at radius 3 is 0.929 bits per heavy atom. The molecule has 12 rings (SSSR count). The van der Waals surface area contributed by atoms with Crippen LogP contribution in [0.1, 0.15) is 417 Å². The Morgan fingerprint density at radius 2 is 0.595 bits per heavy atom. The second-order valence-corrected chi connectivity index (χ2v) is 40.9. The summed E-state index contributed by atoms with van der Waals surface area (Å²) in [4.78, 5) is 51.7. The van der Waals surface area contributed by atoms with Crippen LogP contribution >= 0.6 is 0 Å². The highest BCUT2D eigenvalue weighted by molar-refractivity contribution is 5.90. The zero-order valence-electron chi connectivity index (χ0n) is 79.1. The first-order valence-electron chi connectivity index (χ1n) is 52.2. The number of carbonyl (C=O) groups is 4. The Labute approximate surface area is 763 Å². The van der Waals surface area contributed by atoms with Crippen LogP contribution in [0.15, 0.2) is 122 Å². The molecule has 12 heteroatoms. The van der Waals surface area contributed by atoms with E-state index >= 15 is 0 Å². The number of esters is 4. The molecule has 0 aliphatic heterocycles. The highest BCUT2D eigenvalue weighted by Crippen LogP contribution is 2.54. The largest absolute Gasteiger partial charge is 0.494 e. The van der Waals surface area contributed by atoms with Crippen LogP contribution in [0.2, 0.25) is 0 Å². The first-order valence-corrected chi connectivity index (χ1v) is 52.2. The third-order valence-electron chi connectivity index (χ3n) is 32.6. The molecular weight excluding hydrogens is 1560 g/mol. The highest BCUT2D eigenvalue weighted by Gasteiger charge is 2.47. The Kier molecular flexibility index (Phi) is 40.4. The maximum absolute atomic E-state index is 14.6. The van der Waals surface area contributed by atoms with Crippen molar-refractivity contribution in [1.29, 1.82) is 0 Å². The number of hydrogen-bond donors (Lipinski definition) is 0. The van der Waals surface area contributed by atoms with Gasteiger partial charge in [-0.25, -0.2) is 19.2 Å². The van der Waals surface area contributed by atoms with Crippen LogP contribution in [0, 0.1) is 82.9 Å². The van der Waals surface area contributed by atoms with Crippen molar-refractivity contribution in [1.82, 2.24) is 0 Å². The second-order valence-electron chi connectivity index (χ2n) is 40.9. The van der Waals surface area contributed by atoms with Crippen molar-refractivity contribution in [3.63, 3.8) is 0 Å². The summed E-state index contributed by atoms with van der Waals surface area (Å²) >= 11 is 0. The van der Waals surface area contributed by atoms with Gasteiger partial charge in [0.1, 0.15) is 17.1 Å². The van der Waals surface area contributed by atoms with E-state index in [0.29, 0.717) is 49.4 Å². The molecule has 4 aromatic carbocycles. The summed E-state index contributed by atoms with van der Waals surface area (Å²) < 4.78 is 51.0. The molecule has 4 aromatic rings. The number of unbranched alkanes of at least 4 members (excludes halogenated alkanes) is 11. The summed E-state index contributed by atoms with van der Waals surface area (Å²) in [6.07, 6.45) is 65.5. The standard InChI is InChI=1S/C114H166O12/c1-7-27-87-31-41-92(42-32-87)96-64-73-111(74-65-96,125-109(117)100-49-59-105(60-50-100)119-81-21-17-19-23-83-121-107(115)11-5)72-63-91-39-53-102(54-40-91)112(75-66-97(67-76-112)93-43-33-88(28-8-2)34-44-93)123-85-25-15-13-14-16-26-86-124-113(77-68-98(69-78-113)94-45-35-89(29-9-3)36-46-94)103-55-57-104(58-56-103)114(79-70-99(71-80-114)95-47-37-90(30-10-4)38-48-95)126-110(118)101-51-61-106(62-52-101)120-82-22-18-20-24-84-122-108(116)12-6/h11-12,39-40,49-62,87-90,92-99H,5-10,13-38,41-48,64-71,73-86H2,1-4H3. The fourth-order valence-electron chi connectivity index (χ4n) is 24.8. The molecule has 0 unspecified atom stereocenters. The molecule has 0 radical (unpaired) electrons. The second kappa shape index (κ2) is 51.8. The number of hydrogen-bond acceptors (Lipinski definition) is 12.